The largest absolute Gasteiger partial charge is 0.508 e. The van der Waals surface area contributed by atoms with Crippen LogP contribution in [-0.2, 0) is 0 Å². The molecule has 2 rings (SSSR count). The highest BCUT2D eigenvalue weighted by molar-refractivity contribution is 5.48. The number of benzene rings is 1. The van der Waals surface area contributed by atoms with Crippen LogP contribution < -0.4 is 5.32 Å². The molecule has 1 aromatic rings. The standard InChI is InChI=1S/C16H25NO/c1-15(2)9-13(10-16(3,4)11-15)17-12-6-5-7-14(18)8-12/h5-8,13,17-18H,9-11H2,1-4H3. The Morgan fingerprint density at radius 3 is 2.28 bits per heavy atom. The number of phenolic OH excluding ortho intramolecular Hbond substituents is 1. The van der Waals surface area contributed by atoms with Gasteiger partial charge in [0.05, 0.1) is 0 Å². The number of hydrogen-bond acceptors (Lipinski definition) is 2. The number of nitrogens with one attached hydrogen (secondary N) is 1. The number of aromatic hydroxyl groups is 1. The van der Waals surface area contributed by atoms with Gasteiger partial charge in [0.2, 0.25) is 0 Å². The third-order valence-corrected chi connectivity index (χ3v) is 3.77. The Morgan fingerprint density at radius 1 is 1.11 bits per heavy atom. The first-order chi connectivity index (χ1) is 8.26. The molecule has 0 saturated heterocycles. The van der Waals surface area contributed by atoms with Crippen molar-refractivity contribution < 1.29 is 5.11 Å². The minimum Gasteiger partial charge on any atom is -0.508 e. The maximum Gasteiger partial charge on any atom is 0.117 e. The molecule has 1 aliphatic rings. The van der Waals surface area contributed by atoms with Crippen molar-refractivity contribution in [1.82, 2.24) is 0 Å². The molecule has 2 nitrogen and oxygen atoms in total. The Labute approximate surface area is 110 Å². The minimum absolute atomic E-state index is 0.328. The van der Waals surface area contributed by atoms with Crippen molar-refractivity contribution in [3.05, 3.63) is 24.3 Å². The lowest BCUT2D eigenvalue weighted by molar-refractivity contribution is 0.105. The monoisotopic (exact) mass is 247 g/mol. The molecule has 1 aromatic carbocycles. The number of rotatable bonds is 2. The third kappa shape index (κ3) is 3.41. The number of phenols is 1. The van der Waals surface area contributed by atoms with Crippen LogP contribution in [0.2, 0.25) is 0 Å². The van der Waals surface area contributed by atoms with E-state index in [1.165, 1.54) is 19.3 Å². The van der Waals surface area contributed by atoms with Crippen LogP contribution in [0.15, 0.2) is 24.3 Å². The molecule has 1 saturated carbocycles. The van der Waals surface area contributed by atoms with Gasteiger partial charge in [-0.1, -0.05) is 33.8 Å². The molecular formula is C16H25NO. The van der Waals surface area contributed by atoms with E-state index in [-0.39, 0.29) is 0 Å². The van der Waals surface area contributed by atoms with Crippen LogP contribution in [0.1, 0.15) is 47.0 Å². The Morgan fingerprint density at radius 2 is 1.72 bits per heavy atom. The molecule has 0 atom stereocenters. The average molecular weight is 247 g/mol. The summed E-state index contributed by atoms with van der Waals surface area (Å²) in [5, 5.41) is 13.1. The first-order valence-electron chi connectivity index (χ1n) is 6.81. The smallest absolute Gasteiger partial charge is 0.117 e. The molecule has 2 N–H and O–H groups in total. The highest BCUT2D eigenvalue weighted by Crippen LogP contribution is 2.46. The van der Waals surface area contributed by atoms with E-state index < -0.39 is 0 Å². The van der Waals surface area contributed by atoms with Crippen molar-refractivity contribution in [2.24, 2.45) is 10.8 Å². The van der Waals surface area contributed by atoms with Crippen LogP contribution in [0.4, 0.5) is 5.69 Å². The van der Waals surface area contributed by atoms with Gasteiger partial charge >= 0.3 is 0 Å². The third-order valence-electron chi connectivity index (χ3n) is 3.77. The predicted octanol–water partition coefficient (Wildman–Crippen LogP) is 4.41. The summed E-state index contributed by atoms with van der Waals surface area (Å²) in [7, 11) is 0. The summed E-state index contributed by atoms with van der Waals surface area (Å²) >= 11 is 0. The predicted molar refractivity (Wildman–Crippen MR) is 76.9 cm³/mol. The van der Waals surface area contributed by atoms with Gasteiger partial charge in [0, 0.05) is 17.8 Å². The van der Waals surface area contributed by atoms with Crippen LogP contribution in [0.3, 0.4) is 0 Å². The van der Waals surface area contributed by atoms with E-state index in [2.05, 4.69) is 33.0 Å². The van der Waals surface area contributed by atoms with Crippen molar-refractivity contribution >= 4 is 5.69 Å². The highest BCUT2D eigenvalue weighted by Gasteiger charge is 2.38. The van der Waals surface area contributed by atoms with Crippen LogP contribution in [0.5, 0.6) is 5.75 Å². The van der Waals surface area contributed by atoms with Crippen molar-refractivity contribution in [1.29, 1.82) is 0 Å². The lowest BCUT2D eigenvalue weighted by Crippen LogP contribution is -2.40. The van der Waals surface area contributed by atoms with Gasteiger partial charge in [0.15, 0.2) is 0 Å². The van der Waals surface area contributed by atoms with E-state index in [0.29, 0.717) is 22.6 Å². The van der Waals surface area contributed by atoms with Gasteiger partial charge in [0.1, 0.15) is 5.75 Å². The fourth-order valence-electron chi connectivity index (χ4n) is 3.78. The first-order valence-corrected chi connectivity index (χ1v) is 6.81. The zero-order chi connectivity index (χ0) is 13.4. The average Bonchev–Trinajstić information content (AvgIpc) is 2.11. The second-order valence-electron chi connectivity index (χ2n) is 7.31. The van der Waals surface area contributed by atoms with Crippen LogP contribution in [0.25, 0.3) is 0 Å². The maximum absolute atomic E-state index is 9.51. The van der Waals surface area contributed by atoms with E-state index in [1.807, 2.05) is 12.1 Å². The van der Waals surface area contributed by atoms with E-state index in [9.17, 15) is 5.11 Å². The van der Waals surface area contributed by atoms with Gasteiger partial charge in [-0.05, 0) is 42.2 Å². The molecule has 1 fully saturated rings. The summed E-state index contributed by atoms with van der Waals surface area (Å²) in [6.07, 6.45) is 3.65. The SMILES string of the molecule is CC1(C)CC(Nc2cccc(O)c2)CC(C)(C)C1. The zero-order valence-corrected chi connectivity index (χ0v) is 12.0. The second-order valence-corrected chi connectivity index (χ2v) is 7.31. The quantitative estimate of drug-likeness (QED) is 0.811. The molecule has 2 heteroatoms. The van der Waals surface area contributed by atoms with Gasteiger partial charge < -0.3 is 10.4 Å². The second kappa shape index (κ2) is 4.49. The molecule has 0 amide bonds. The Kier molecular flexibility index (Phi) is 3.31. The lowest BCUT2D eigenvalue weighted by atomic mass is 9.63. The summed E-state index contributed by atoms with van der Waals surface area (Å²) in [5.74, 6) is 0.328. The fraction of sp³-hybridized carbons (Fsp3) is 0.625. The van der Waals surface area contributed by atoms with E-state index in [1.54, 1.807) is 12.1 Å². The molecular weight excluding hydrogens is 222 g/mol. The molecule has 0 bridgehead atoms. The van der Waals surface area contributed by atoms with Crippen LogP contribution in [-0.4, -0.2) is 11.1 Å². The normalized spacial score (nSPS) is 22.7. The van der Waals surface area contributed by atoms with E-state index >= 15 is 0 Å². The summed E-state index contributed by atoms with van der Waals surface area (Å²) in [4.78, 5) is 0. The van der Waals surface area contributed by atoms with Gasteiger partial charge in [-0.25, -0.2) is 0 Å². The van der Waals surface area contributed by atoms with Gasteiger partial charge in [-0.2, -0.15) is 0 Å². The molecule has 0 spiro atoms. The van der Waals surface area contributed by atoms with Crippen molar-refractivity contribution in [3.8, 4) is 5.75 Å². The summed E-state index contributed by atoms with van der Waals surface area (Å²) < 4.78 is 0. The fourth-order valence-corrected chi connectivity index (χ4v) is 3.78. The molecule has 0 aliphatic heterocycles. The Balaban J connectivity index is 2.09. The zero-order valence-electron chi connectivity index (χ0n) is 12.0. The Hall–Kier alpha value is -1.18. The van der Waals surface area contributed by atoms with Gasteiger partial charge in [-0.15, -0.1) is 0 Å². The molecule has 100 valence electrons. The summed E-state index contributed by atoms with van der Waals surface area (Å²) in [5.41, 5.74) is 1.79. The van der Waals surface area contributed by atoms with Crippen LogP contribution in [0, 0.1) is 10.8 Å². The van der Waals surface area contributed by atoms with Gasteiger partial charge in [0.25, 0.3) is 0 Å². The minimum atomic E-state index is 0.328. The van der Waals surface area contributed by atoms with E-state index in [0.717, 1.165) is 5.69 Å². The van der Waals surface area contributed by atoms with Crippen molar-refractivity contribution in [2.75, 3.05) is 5.32 Å². The topological polar surface area (TPSA) is 32.3 Å². The van der Waals surface area contributed by atoms with Gasteiger partial charge in [-0.3, -0.25) is 0 Å². The number of hydrogen-bond donors (Lipinski definition) is 2. The first kappa shape index (κ1) is 13.3. The Bertz CT molecular complexity index is 407. The molecule has 0 radical (unpaired) electrons. The van der Waals surface area contributed by atoms with Crippen LogP contribution >= 0.6 is 0 Å². The van der Waals surface area contributed by atoms with Crippen molar-refractivity contribution in [2.45, 2.75) is 53.0 Å². The summed E-state index contributed by atoms with van der Waals surface area (Å²) in [6.45, 7) is 9.41. The molecule has 0 unspecified atom stereocenters. The summed E-state index contributed by atoms with van der Waals surface area (Å²) in [6, 6.07) is 7.91. The highest BCUT2D eigenvalue weighted by atomic mass is 16.3. The lowest BCUT2D eigenvalue weighted by Gasteiger charge is -2.45. The number of anilines is 1. The molecule has 1 aliphatic carbocycles. The molecule has 0 heterocycles. The maximum atomic E-state index is 9.51. The molecule has 18 heavy (non-hydrogen) atoms. The van der Waals surface area contributed by atoms with Crippen molar-refractivity contribution in [3.63, 3.8) is 0 Å². The van der Waals surface area contributed by atoms with E-state index in [4.69, 9.17) is 0 Å². The molecule has 0 aromatic heterocycles.